The second-order valence-electron chi connectivity index (χ2n) is 4.18. The monoisotopic (exact) mass is 221 g/mol. The Morgan fingerprint density at radius 2 is 2.38 bits per heavy atom. The van der Waals surface area contributed by atoms with Gasteiger partial charge < -0.3 is 15.7 Å². The van der Waals surface area contributed by atoms with Gasteiger partial charge in [0.2, 0.25) is 0 Å². The van der Waals surface area contributed by atoms with E-state index in [0.717, 1.165) is 0 Å². The van der Waals surface area contributed by atoms with Gasteiger partial charge in [-0.05, 0) is 18.6 Å². The number of hydrogen-bond donors (Lipinski definition) is 2. The van der Waals surface area contributed by atoms with Crippen LogP contribution in [0.3, 0.4) is 0 Å². The minimum atomic E-state index is -0.723. The topological polar surface area (TPSA) is 79.5 Å². The first-order valence-electron chi connectivity index (χ1n) is 5.28. The maximum Gasteiger partial charge on any atom is 0.274 e. The van der Waals surface area contributed by atoms with Gasteiger partial charge in [0.05, 0.1) is 24.4 Å². The SMILES string of the molecule is CCC1(O)CN(C(=O)c2ncccc2N)C1. The van der Waals surface area contributed by atoms with Crippen LogP contribution in [0, 0.1) is 0 Å². The van der Waals surface area contributed by atoms with Crippen LogP contribution in [0.15, 0.2) is 18.3 Å². The lowest BCUT2D eigenvalue weighted by atomic mass is 9.91. The Labute approximate surface area is 93.9 Å². The Hall–Kier alpha value is -1.62. The van der Waals surface area contributed by atoms with E-state index in [9.17, 15) is 9.90 Å². The maximum absolute atomic E-state index is 11.9. The molecule has 1 saturated heterocycles. The summed E-state index contributed by atoms with van der Waals surface area (Å²) < 4.78 is 0. The first-order valence-corrected chi connectivity index (χ1v) is 5.28. The Morgan fingerprint density at radius 1 is 1.69 bits per heavy atom. The summed E-state index contributed by atoms with van der Waals surface area (Å²) in [5.74, 6) is -0.212. The van der Waals surface area contributed by atoms with Crippen molar-refractivity contribution in [2.24, 2.45) is 0 Å². The highest BCUT2D eigenvalue weighted by molar-refractivity contribution is 5.97. The number of nitrogen functional groups attached to an aromatic ring is 1. The number of aromatic nitrogens is 1. The lowest BCUT2D eigenvalue weighted by Gasteiger charge is -2.45. The predicted octanol–water partition coefficient (Wildman–Crippen LogP) is 0.261. The van der Waals surface area contributed by atoms with Crippen molar-refractivity contribution in [3.63, 3.8) is 0 Å². The fourth-order valence-electron chi connectivity index (χ4n) is 1.78. The zero-order valence-electron chi connectivity index (χ0n) is 9.18. The molecule has 86 valence electrons. The number of aliphatic hydroxyl groups is 1. The van der Waals surface area contributed by atoms with Gasteiger partial charge in [0.15, 0.2) is 5.69 Å². The largest absolute Gasteiger partial charge is 0.397 e. The number of nitrogens with two attached hydrogens (primary N) is 1. The summed E-state index contributed by atoms with van der Waals surface area (Å²) in [7, 11) is 0. The summed E-state index contributed by atoms with van der Waals surface area (Å²) in [5, 5.41) is 9.81. The molecular weight excluding hydrogens is 206 g/mol. The van der Waals surface area contributed by atoms with Gasteiger partial charge in [-0.15, -0.1) is 0 Å². The molecule has 0 atom stereocenters. The number of nitrogens with zero attached hydrogens (tertiary/aromatic N) is 2. The molecule has 2 heterocycles. The molecule has 0 saturated carbocycles. The molecule has 5 nitrogen and oxygen atoms in total. The van der Waals surface area contributed by atoms with Gasteiger partial charge in [0, 0.05) is 6.20 Å². The summed E-state index contributed by atoms with van der Waals surface area (Å²) in [6.45, 7) is 2.62. The Balaban J connectivity index is 2.09. The molecule has 1 aromatic heterocycles. The lowest BCUT2D eigenvalue weighted by Crippen LogP contribution is -2.63. The van der Waals surface area contributed by atoms with Crippen LogP contribution >= 0.6 is 0 Å². The third kappa shape index (κ3) is 1.74. The smallest absolute Gasteiger partial charge is 0.274 e. The minimum absolute atomic E-state index is 0.212. The molecule has 0 bridgehead atoms. The van der Waals surface area contributed by atoms with E-state index < -0.39 is 5.60 Å². The molecule has 0 aliphatic carbocycles. The number of rotatable bonds is 2. The van der Waals surface area contributed by atoms with Crippen molar-refractivity contribution in [2.75, 3.05) is 18.8 Å². The molecule has 1 fully saturated rings. The zero-order valence-corrected chi connectivity index (χ0v) is 9.18. The standard InChI is InChI=1S/C11H15N3O2/c1-2-11(16)6-14(7-11)10(15)9-8(12)4-3-5-13-9/h3-5,16H,2,6-7,12H2,1H3. The van der Waals surface area contributed by atoms with Gasteiger partial charge in [-0.2, -0.15) is 0 Å². The second-order valence-corrected chi connectivity index (χ2v) is 4.18. The number of hydrogen-bond acceptors (Lipinski definition) is 4. The Kier molecular flexibility index (Phi) is 2.55. The van der Waals surface area contributed by atoms with E-state index in [1.807, 2.05) is 6.92 Å². The fraction of sp³-hybridized carbons (Fsp3) is 0.455. The van der Waals surface area contributed by atoms with E-state index in [1.165, 1.54) is 6.20 Å². The summed E-state index contributed by atoms with van der Waals surface area (Å²) in [6, 6.07) is 3.33. The lowest BCUT2D eigenvalue weighted by molar-refractivity contribution is -0.0827. The molecule has 3 N–H and O–H groups in total. The van der Waals surface area contributed by atoms with Crippen molar-refractivity contribution in [1.82, 2.24) is 9.88 Å². The van der Waals surface area contributed by atoms with Gasteiger partial charge in [-0.25, -0.2) is 4.98 Å². The molecule has 0 aromatic carbocycles. The van der Waals surface area contributed by atoms with Gasteiger partial charge in [-0.1, -0.05) is 6.92 Å². The Bertz CT molecular complexity index is 413. The Morgan fingerprint density at radius 3 is 2.94 bits per heavy atom. The number of pyridine rings is 1. The van der Waals surface area contributed by atoms with Crippen molar-refractivity contribution < 1.29 is 9.90 Å². The summed E-state index contributed by atoms with van der Waals surface area (Å²) >= 11 is 0. The highest BCUT2D eigenvalue weighted by atomic mass is 16.3. The number of β-amino-alcohol motifs (C(OH)–C–C–N with tert-alkyl or cyclic N) is 1. The van der Waals surface area contributed by atoms with Crippen LogP contribution in [0.1, 0.15) is 23.8 Å². The van der Waals surface area contributed by atoms with Gasteiger partial charge in [0.1, 0.15) is 0 Å². The first-order chi connectivity index (χ1) is 7.56. The minimum Gasteiger partial charge on any atom is -0.397 e. The summed E-state index contributed by atoms with van der Waals surface area (Å²) in [6.07, 6.45) is 2.18. The van der Waals surface area contributed by atoms with Crippen LogP contribution in [-0.4, -0.2) is 39.6 Å². The van der Waals surface area contributed by atoms with Gasteiger partial charge in [0.25, 0.3) is 5.91 Å². The highest BCUT2D eigenvalue weighted by Gasteiger charge is 2.42. The van der Waals surface area contributed by atoms with Crippen LogP contribution < -0.4 is 5.73 Å². The number of carbonyl (C=O) groups excluding carboxylic acids is 1. The number of anilines is 1. The van der Waals surface area contributed by atoms with E-state index in [1.54, 1.807) is 17.0 Å². The molecule has 2 rings (SSSR count). The third-order valence-electron chi connectivity index (χ3n) is 2.96. The van der Waals surface area contributed by atoms with Crippen molar-refractivity contribution >= 4 is 11.6 Å². The van der Waals surface area contributed by atoms with Gasteiger partial charge in [-0.3, -0.25) is 4.79 Å². The number of amides is 1. The zero-order chi connectivity index (χ0) is 11.8. The van der Waals surface area contributed by atoms with E-state index in [2.05, 4.69) is 4.98 Å². The number of carbonyl (C=O) groups is 1. The van der Waals surface area contributed by atoms with Gasteiger partial charge >= 0.3 is 0 Å². The molecule has 1 aliphatic rings. The summed E-state index contributed by atoms with van der Waals surface area (Å²) in [4.78, 5) is 17.4. The van der Waals surface area contributed by atoms with E-state index in [-0.39, 0.29) is 11.6 Å². The molecular formula is C11H15N3O2. The van der Waals surface area contributed by atoms with E-state index in [0.29, 0.717) is 25.2 Å². The second kappa shape index (κ2) is 3.75. The van der Waals surface area contributed by atoms with Crippen LogP contribution in [0.25, 0.3) is 0 Å². The molecule has 1 aliphatic heterocycles. The van der Waals surface area contributed by atoms with Crippen LogP contribution in [-0.2, 0) is 0 Å². The average Bonchev–Trinajstić information content (AvgIpc) is 2.24. The molecule has 1 aromatic rings. The maximum atomic E-state index is 11.9. The molecule has 5 heteroatoms. The molecule has 1 amide bonds. The third-order valence-corrected chi connectivity index (χ3v) is 2.96. The predicted molar refractivity (Wildman–Crippen MR) is 59.8 cm³/mol. The molecule has 0 radical (unpaired) electrons. The van der Waals surface area contributed by atoms with Crippen molar-refractivity contribution in [1.29, 1.82) is 0 Å². The summed E-state index contributed by atoms with van der Waals surface area (Å²) in [5.41, 5.74) is 5.58. The quantitative estimate of drug-likeness (QED) is 0.750. The fourth-order valence-corrected chi connectivity index (χ4v) is 1.78. The molecule has 0 unspecified atom stereocenters. The van der Waals surface area contributed by atoms with Crippen LogP contribution in [0.5, 0.6) is 0 Å². The normalized spacial score (nSPS) is 18.0. The first kappa shape index (κ1) is 10.9. The van der Waals surface area contributed by atoms with E-state index >= 15 is 0 Å². The highest BCUT2D eigenvalue weighted by Crippen LogP contribution is 2.26. The molecule has 16 heavy (non-hydrogen) atoms. The van der Waals surface area contributed by atoms with Crippen molar-refractivity contribution in [2.45, 2.75) is 18.9 Å². The van der Waals surface area contributed by atoms with Crippen molar-refractivity contribution in [3.05, 3.63) is 24.0 Å². The molecule has 0 spiro atoms. The van der Waals surface area contributed by atoms with E-state index in [4.69, 9.17) is 5.73 Å². The van der Waals surface area contributed by atoms with Crippen LogP contribution in [0.2, 0.25) is 0 Å². The van der Waals surface area contributed by atoms with Crippen LogP contribution in [0.4, 0.5) is 5.69 Å². The average molecular weight is 221 g/mol. The number of likely N-dealkylation sites (tertiary alicyclic amines) is 1. The van der Waals surface area contributed by atoms with Crippen molar-refractivity contribution in [3.8, 4) is 0 Å².